The number of aliphatic hydroxyl groups excluding tert-OH is 1. The van der Waals surface area contributed by atoms with E-state index in [1.807, 2.05) is 13.0 Å². The number of benzene rings is 2. The van der Waals surface area contributed by atoms with E-state index in [1.165, 1.54) is 16.7 Å². The molecule has 1 aromatic heterocycles. The van der Waals surface area contributed by atoms with Crippen LogP contribution in [-0.2, 0) is 19.3 Å². The van der Waals surface area contributed by atoms with Gasteiger partial charge in [0, 0.05) is 18.6 Å². The molecular formula is C25H29NO3. The maximum atomic E-state index is 9.21. The summed E-state index contributed by atoms with van der Waals surface area (Å²) in [5, 5.41) is 9.21. The molecule has 0 saturated heterocycles. The van der Waals surface area contributed by atoms with Gasteiger partial charge >= 0.3 is 0 Å². The molecule has 29 heavy (non-hydrogen) atoms. The molecule has 0 fully saturated rings. The number of nitrogens with zero attached hydrogens (tertiary/aromatic N) is 1. The molecule has 152 valence electrons. The van der Waals surface area contributed by atoms with Gasteiger partial charge in [0.2, 0.25) is 5.89 Å². The summed E-state index contributed by atoms with van der Waals surface area (Å²) in [6.07, 6.45) is 4.78. The van der Waals surface area contributed by atoms with Crippen LogP contribution in [0.3, 0.4) is 0 Å². The Balaban J connectivity index is 1.37. The van der Waals surface area contributed by atoms with E-state index in [-0.39, 0.29) is 6.61 Å². The van der Waals surface area contributed by atoms with Gasteiger partial charge in [-0.1, -0.05) is 25.1 Å². The van der Waals surface area contributed by atoms with Crippen LogP contribution in [0.15, 0.2) is 46.9 Å². The number of oxazole rings is 1. The second kappa shape index (κ2) is 8.83. The zero-order valence-electron chi connectivity index (χ0n) is 17.3. The molecule has 1 unspecified atom stereocenters. The summed E-state index contributed by atoms with van der Waals surface area (Å²) >= 11 is 0. The maximum Gasteiger partial charge on any atom is 0.226 e. The number of rotatable bonds is 8. The largest absolute Gasteiger partial charge is 0.493 e. The summed E-state index contributed by atoms with van der Waals surface area (Å²) in [4.78, 5) is 4.68. The fourth-order valence-electron chi connectivity index (χ4n) is 4.16. The van der Waals surface area contributed by atoms with Crippen LogP contribution in [0.4, 0.5) is 0 Å². The minimum atomic E-state index is 0.254. The fraction of sp³-hybridized carbons (Fsp3) is 0.400. The Kier molecular flexibility index (Phi) is 6.00. The van der Waals surface area contributed by atoms with Gasteiger partial charge < -0.3 is 14.3 Å². The van der Waals surface area contributed by atoms with Crippen LogP contribution in [0.1, 0.15) is 53.8 Å². The molecule has 0 saturated carbocycles. The topological polar surface area (TPSA) is 55.5 Å². The summed E-state index contributed by atoms with van der Waals surface area (Å²) in [6.45, 7) is 4.93. The Morgan fingerprint density at radius 2 is 2.00 bits per heavy atom. The predicted octanol–water partition coefficient (Wildman–Crippen LogP) is 5.25. The van der Waals surface area contributed by atoms with E-state index in [0.717, 1.165) is 48.5 Å². The van der Waals surface area contributed by atoms with E-state index in [0.29, 0.717) is 24.8 Å². The van der Waals surface area contributed by atoms with Crippen molar-refractivity contribution in [2.24, 2.45) is 0 Å². The lowest BCUT2D eigenvalue weighted by Gasteiger charge is -2.11. The average molecular weight is 392 g/mol. The first kappa shape index (κ1) is 19.7. The molecule has 2 aromatic carbocycles. The SMILES string of the molecule is CCc1ccc(-c2nc(CCOc3ccc4c(c3)CCC4CCO)c(C)o2)cc1. The molecular weight excluding hydrogens is 362 g/mol. The lowest BCUT2D eigenvalue weighted by Crippen LogP contribution is -2.03. The normalized spacial score (nSPS) is 15.5. The van der Waals surface area contributed by atoms with Gasteiger partial charge in [-0.05, 0) is 79.5 Å². The molecule has 4 heteroatoms. The average Bonchev–Trinajstić information content (AvgIpc) is 3.32. The van der Waals surface area contributed by atoms with Crippen molar-refractivity contribution in [2.45, 2.75) is 51.9 Å². The van der Waals surface area contributed by atoms with Crippen molar-refractivity contribution in [3.8, 4) is 17.2 Å². The highest BCUT2D eigenvalue weighted by atomic mass is 16.5. The number of hydrogen-bond donors (Lipinski definition) is 1. The van der Waals surface area contributed by atoms with Crippen LogP contribution in [0.2, 0.25) is 0 Å². The van der Waals surface area contributed by atoms with Crippen LogP contribution < -0.4 is 4.74 Å². The third kappa shape index (κ3) is 4.38. The van der Waals surface area contributed by atoms with Crippen LogP contribution in [0.5, 0.6) is 5.75 Å². The number of hydrogen-bond acceptors (Lipinski definition) is 4. The van der Waals surface area contributed by atoms with Crippen LogP contribution >= 0.6 is 0 Å². The molecule has 4 nitrogen and oxygen atoms in total. The molecule has 1 atom stereocenters. The van der Waals surface area contributed by atoms with E-state index in [2.05, 4.69) is 48.3 Å². The summed E-state index contributed by atoms with van der Waals surface area (Å²) in [7, 11) is 0. The molecule has 1 N–H and O–H groups in total. The number of fused-ring (bicyclic) bond motifs is 1. The Morgan fingerprint density at radius 3 is 2.76 bits per heavy atom. The van der Waals surface area contributed by atoms with Gasteiger partial charge in [0.05, 0.1) is 12.3 Å². The molecule has 0 spiro atoms. The lowest BCUT2D eigenvalue weighted by atomic mass is 9.98. The summed E-state index contributed by atoms with van der Waals surface area (Å²) in [6, 6.07) is 14.7. The highest BCUT2D eigenvalue weighted by molar-refractivity contribution is 5.54. The molecule has 4 rings (SSSR count). The third-order valence-electron chi connectivity index (χ3n) is 5.90. The van der Waals surface area contributed by atoms with Crippen molar-refractivity contribution in [1.82, 2.24) is 4.98 Å². The van der Waals surface area contributed by atoms with Crippen molar-refractivity contribution in [3.63, 3.8) is 0 Å². The van der Waals surface area contributed by atoms with E-state index >= 15 is 0 Å². The molecule has 1 aliphatic rings. The summed E-state index contributed by atoms with van der Waals surface area (Å²) in [5.41, 5.74) is 5.99. The highest BCUT2D eigenvalue weighted by Gasteiger charge is 2.22. The fourth-order valence-corrected chi connectivity index (χ4v) is 4.16. The second-order valence-electron chi connectivity index (χ2n) is 7.78. The van der Waals surface area contributed by atoms with Crippen LogP contribution in [0.25, 0.3) is 11.5 Å². The molecule has 0 bridgehead atoms. The predicted molar refractivity (Wildman–Crippen MR) is 114 cm³/mol. The van der Waals surface area contributed by atoms with Gasteiger partial charge in [-0.3, -0.25) is 0 Å². The first-order chi connectivity index (χ1) is 14.2. The molecule has 1 aliphatic carbocycles. The zero-order chi connectivity index (χ0) is 20.2. The van der Waals surface area contributed by atoms with Crippen molar-refractivity contribution in [3.05, 3.63) is 70.6 Å². The quantitative estimate of drug-likeness (QED) is 0.570. The molecule has 0 aliphatic heterocycles. The summed E-state index contributed by atoms with van der Waals surface area (Å²) in [5.74, 6) is 2.92. The number of aliphatic hydroxyl groups is 1. The van der Waals surface area contributed by atoms with Crippen LogP contribution in [-0.4, -0.2) is 23.3 Å². The van der Waals surface area contributed by atoms with E-state index in [9.17, 15) is 5.11 Å². The first-order valence-corrected chi connectivity index (χ1v) is 10.6. The minimum absolute atomic E-state index is 0.254. The Bertz CT molecular complexity index is 959. The van der Waals surface area contributed by atoms with Crippen molar-refractivity contribution < 1.29 is 14.3 Å². The molecule has 1 heterocycles. The van der Waals surface area contributed by atoms with Gasteiger partial charge in [0.1, 0.15) is 11.5 Å². The minimum Gasteiger partial charge on any atom is -0.493 e. The zero-order valence-corrected chi connectivity index (χ0v) is 17.3. The van der Waals surface area contributed by atoms with Crippen molar-refractivity contribution >= 4 is 0 Å². The Hall–Kier alpha value is -2.59. The van der Waals surface area contributed by atoms with Crippen molar-refractivity contribution in [1.29, 1.82) is 0 Å². The highest BCUT2D eigenvalue weighted by Crippen LogP contribution is 2.37. The lowest BCUT2D eigenvalue weighted by molar-refractivity contribution is 0.275. The molecule has 0 amide bonds. The number of ether oxygens (including phenoxy) is 1. The van der Waals surface area contributed by atoms with Gasteiger partial charge in [0.25, 0.3) is 0 Å². The van der Waals surface area contributed by atoms with Gasteiger partial charge in [0.15, 0.2) is 0 Å². The second-order valence-corrected chi connectivity index (χ2v) is 7.78. The van der Waals surface area contributed by atoms with Crippen LogP contribution in [0, 0.1) is 6.92 Å². The Labute approximate surface area is 172 Å². The van der Waals surface area contributed by atoms with E-state index < -0.39 is 0 Å². The van der Waals surface area contributed by atoms with E-state index in [1.54, 1.807) is 0 Å². The summed E-state index contributed by atoms with van der Waals surface area (Å²) < 4.78 is 11.9. The monoisotopic (exact) mass is 391 g/mol. The number of aromatic nitrogens is 1. The van der Waals surface area contributed by atoms with Crippen molar-refractivity contribution in [2.75, 3.05) is 13.2 Å². The third-order valence-corrected chi connectivity index (χ3v) is 5.90. The van der Waals surface area contributed by atoms with E-state index in [4.69, 9.17) is 9.15 Å². The van der Waals surface area contributed by atoms with Gasteiger partial charge in [-0.15, -0.1) is 0 Å². The maximum absolute atomic E-state index is 9.21. The first-order valence-electron chi connectivity index (χ1n) is 10.6. The van der Waals surface area contributed by atoms with Gasteiger partial charge in [-0.25, -0.2) is 4.98 Å². The Morgan fingerprint density at radius 1 is 1.17 bits per heavy atom. The molecule has 0 radical (unpaired) electrons. The smallest absolute Gasteiger partial charge is 0.226 e. The van der Waals surface area contributed by atoms with Gasteiger partial charge in [-0.2, -0.15) is 0 Å². The standard InChI is InChI=1S/C25H29NO3/c1-3-18-4-6-20(7-5-18)25-26-24(17(2)29-25)13-15-28-22-10-11-23-19(12-14-27)8-9-21(23)16-22/h4-7,10-11,16,19,27H,3,8-9,12-15H2,1-2H3. The molecule has 3 aromatic rings. The number of aryl methyl sites for hydroxylation is 3.